The molecule has 2 heteroatoms. The molecule has 0 aliphatic heterocycles. The molecule has 2 aromatic carbocycles. The van der Waals surface area contributed by atoms with Crippen molar-refractivity contribution < 1.29 is 9.50 Å². The summed E-state index contributed by atoms with van der Waals surface area (Å²) in [6.45, 7) is 3.69. The number of hydrogen-bond acceptors (Lipinski definition) is 1. The molecule has 1 unspecified atom stereocenters. The molecule has 1 nitrogen and oxygen atoms in total. The molecular formula is C17H19FO. The van der Waals surface area contributed by atoms with Crippen LogP contribution in [0.3, 0.4) is 0 Å². The second-order valence-electron chi connectivity index (χ2n) is 5.41. The largest absolute Gasteiger partial charge is 0.389 e. The van der Waals surface area contributed by atoms with Crippen LogP contribution in [0.4, 0.5) is 4.39 Å². The molecule has 0 saturated heterocycles. The van der Waals surface area contributed by atoms with Gasteiger partial charge in [-0.25, -0.2) is 4.39 Å². The van der Waals surface area contributed by atoms with Crippen molar-refractivity contribution in [3.8, 4) is 0 Å². The van der Waals surface area contributed by atoms with Crippen LogP contribution in [-0.4, -0.2) is 10.7 Å². The number of rotatable bonds is 4. The Kier molecular flexibility index (Phi) is 4.01. The van der Waals surface area contributed by atoms with Gasteiger partial charge in [-0.05, 0) is 42.7 Å². The Balaban J connectivity index is 2.12. The summed E-state index contributed by atoms with van der Waals surface area (Å²) in [5, 5.41) is 10.5. The Bertz CT molecular complexity index is 546. The van der Waals surface area contributed by atoms with Crippen LogP contribution in [-0.2, 0) is 12.8 Å². The van der Waals surface area contributed by atoms with Gasteiger partial charge in [-0.3, -0.25) is 0 Å². The molecule has 0 saturated carbocycles. The molecule has 100 valence electrons. The normalized spacial score (nSPS) is 14.1. The highest BCUT2D eigenvalue weighted by molar-refractivity contribution is 5.28. The molecule has 0 spiro atoms. The van der Waals surface area contributed by atoms with Crippen LogP contribution in [0.25, 0.3) is 0 Å². The number of aryl methyl sites for hydroxylation is 1. The SMILES string of the molecule is Cc1cc(F)ccc1CC(C)(O)Cc1ccccc1. The van der Waals surface area contributed by atoms with Crippen LogP contribution in [0.15, 0.2) is 48.5 Å². The molecular weight excluding hydrogens is 239 g/mol. The monoisotopic (exact) mass is 258 g/mol. The third-order valence-corrected chi connectivity index (χ3v) is 3.30. The summed E-state index contributed by atoms with van der Waals surface area (Å²) in [6.07, 6.45) is 1.11. The minimum atomic E-state index is -0.829. The smallest absolute Gasteiger partial charge is 0.123 e. The predicted molar refractivity (Wildman–Crippen MR) is 75.6 cm³/mol. The first-order valence-electron chi connectivity index (χ1n) is 6.48. The van der Waals surface area contributed by atoms with Crippen LogP contribution >= 0.6 is 0 Å². The van der Waals surface area contributed by atoms with E-state index in [1.54, 1.807) is 6.07 Å². The van der Waals surface area contributed by atoms with E-state index in [-0.39, 0.29) is 5.82 Å². The maximum Gasteiger partial charge on any atom is 0.123 e. The van der Waals surface area contributed by atoms with E-state index in [1.807, 2.05) is 44.2 Å². The third-order valence-electron chi connectivity index (χ3n) is 3.30. The van der Waals surface area contributed by atoms with E-state index in [9.17, 15) is 9.50 Å². The molecule has 0 bridgehead atoms. The summed E-state index contributed by atoms with van der Waals surface area (Å²) >= 11 is 0. The van der Waals surface area contributed by atoms with Crippen molar-refractivity contribution in [3.05, 3.63) is 71.0 Å². The molecule has 0 aromatic heterocycles. The van der Waals surface area contributed by atoms with Crippen LogP contribution in [0.1, 0.15) is 23.6 Å². The Morgan fingerprint density at radius 3 is 2.37 bits per heavy atom. The van der Waals surface area contributed by atoms with Gasteiger partial charge in [-0.2, -0.15) is 0 Å². The minimum absolute atomic E-state index is 0.232. The fraction of sp³-hybridized carbons (Fsp3) is 0.294. The molecule has 0 fully saturated rings. The van der Waals surface area contributed by atoms with Crippen molar-refractivity contribution in [2.45, 2.75) is 32.3 Å². The Morgan fingerprint density at radius 1 is 1.05 bits per heavy atom. The standard InChI is InChI=1S/C17H19FO/c1-13-10-16(18)9-8-15(13)12-17(2,19)11-14-6-4-3-5-7-14/h3-10,19H,11-12H2,1-2H3. The quantitative estimate of drug-likeness (QED) is 0.887. The number of halogens is 1. The van der Waals surface area contributed by atoms with Crippen molar-refractivity contribution in [2.24, 2.45) is 0 Å². The van der Waals surface area contributed by atoms with E-state index in [4.69, 9.17) is 0 Å². The topological polar surface area (TPSA) is 20.2 Å². The molecule has 19 heavy (non-hydrogen) atoms. The Labute approximate surface area is 113 Å². The van der Waals surface area contributed by atoms with E-state index < -0.39 is 5.60 Å². The van der Waals surface area contributed by atoms with Crippen molar-refractivity contribution in [1.82, 2.24) is 0 Å². The average Bonchev–Trinajstić information content (AvgIpc) is 2.33. The van der Waals surface area contributed by atoms with Crippen molar-refractivity contribution >= 4 is 0 Å². The molecule has 0 heterocycles. The van der Waals surface area contributed by atoms with Gasteiger partial charge >= 0.3 is 0 Å². The van der Waals surface area contributed by atoms with Gasteiger partial charge in [0.25, 0.3) is 0 Å². The molecule has 0 aliphatic carbocycles. The summed E-state index contributed by atoms with van der Waals surface area (Å²) in [6, 6.07) is 14.6. The van der Waals surface area contributed by atoms with Gasteiger partial charge in [0.2, 0.25) is 0 Å². The molecule has 1 atom stereocenters. The van der Waals surface area contributed by atoms with Gasteiger partial charge in [-0.15, -0.1) is 0 Å². The second-order valence-corrected chi connectivity index (χ2v) is 5.41. The lowest BCUT2D eigenvalue weighted by Gasteiger charge is -2.24. The number of hydrogen-bond donors (Lipinski definition) is 1. The second kappa shape index (κ2) is 5.54. The fourth-order valence-electron chi connectivity index (χ4n) is 2.37. The molecule has 1 N–H and O–H groups in total. The average molecular weight is 258 g/mol. The van der Waals surface area contributed by atoms with E-state index >= 15 is 0 Å². The van der Waals surface area contributed by atoms with Crippen molar-refractivity contribution in [3.63, 3.8) is 0 Å². The van der Waals surface area contributed by atoms with Crippen LogP contribution < -0.4 is 0 Å². The summed E-state index contributed by atoms with van der Waals surface area (Å²) in [7, 11) is 0. The first kappa shape index (κ1) is 13.8. The molecule has 0 aliphatic rings. The van der Waals surface area contributed by atoms with E-state index in [1.165, 1.54) is 12.1 Å². The molecule has 0 amide bonds. The van der Waals surface area contributed by atoms with Gasteiger partial charge in [0.1, 0.15) is 5.82 Å². The van der Waals surface area contributed by atoms with Crippen molar-refractivity contribution in [1.29, 1.82) is 0 Å². The zero-order valence-corrected chi connectivity index (χ0v) is 11.4. The summed E-state index contributed by atoms with van der Waals surface area (Å²) in [5.41, 5.74) is 2.15. The third kappa shape index (κ3) is 3.90. The zero-order valence-electron chi connectivity index (χ0n) is 11.4. The lowest BCUT2D eigenvalue weighted by atomic mass is 9.88. The highest BCUT2D eigenvalue weighted by Gasteiger charge is 2.22. The van der Waals surface area contributed by atoms with E-state index in [0.29, 0.717) is 12.8 Å². The van der Waals surface area contributed by atoms with Gasteiger partial charge < -0.3 is 5.11 Å². The summed E-state index contributed by atoms with van der Waals surface area (Å²) < 4.78 is 13.1. The summed E-state index contributed by atoms with van der Waals surface area (Å²) in [5.74, 6) is -0.232. The van der Waals surface area contributed by atoms with E-state index in [2.05, 4.69) is 0 Å². The minimum Gasteiger partial charge on any atom is -0.389 e. The highest BCUT2D eigenvalue weighted by atomic mass is 19.1. The lowest BCUT2D eigenvalue weighted by molar-refractivity contribution is 0.0606. The van der Waals surface area contributed by atoms with Crippen molar-refractivity contribution in [2.75, 3.05) is 0 Å². The maximum absolute atomic E-state index is 13.1. The zero-order chi connectivity index (χ0) is 13.9. The predicted octanol–water partition coefficient (Wildman–Crippen LogP) is 3.67. The number of benzene rings is 2. The first-order valence-corrected chi connectivity index (χ1v) is 6.48. The Morgan fingerprint density at radius 2 is 1.74 bits per heavy atom. The highest BCUT2D eigenvalue weighted by Crippen LogP contribution is 2.21. The van der Waals surface area contributed by atoms with Crippen LogP contribution in [0.5, 0.6) is 0 Å². The first-order chi connectivity index (χ1) is 8.96. The number of aliphatic hydroxyl groups is 1. The van der Waals surface area contributed by atoms with Gasteiger partial charge in [0.15, 0.2) is 0 Å². The van der Waals surface area contributed by atoms with Gasteiger partial charge in [0, 0.05) is 12.8 Å². The molecule has 2 rings (SSSR count). The van der Waals surface area contributed by atoms with E-state index in [0.717, 1.165) is 16.7 Å². The van der Waals surface area contributed by atoms with Gasteiger partial charge in [0.05, 0.1) is 5.60 Å². The Hall–Kier alpha value is -1.67. The molecule has 0 radical (unpaired) electrons. The lowest BCUT2D eigenvalue weighted by Crippen LogP contribution is -2.30. The van der Waals surface area contributed by atoms with Crippen LogP contribution in [0, 0.1) is 12.7 Å². The van der Waals surface area contributed by atoms with Crippen LogP contribution in [0.2, 0.25) is 0 Å². The fourth-order valence-corrected chi connectivity index (χ4v) is 2.37. The maximum atomic E-state index is 13.1. The van der Waals surface area contributed by atoms with Gasteiger partial charge in [-0.1, -0.05) is 36.4 Å². The molecule has 2 aromatic rings. The summed E-state index contributed by atoms with van der Waals surface area (Å²) in [4.78, 5) is 0.